The minimum atomic E-state index is -0.235. The normalized spacial score (nSPS) is 24.5. The molecule has 8 nitrogen and oxygen atoms in total. The molecule has 10 heteroatoms. The third kappa shape index (κ3) is 4.20. The first-order valence-corrected chi connectivity index (χ1v) is 12.5. The molecule has 3 aliphatic rings. The first-order chi connectivity index (χ1) is 16.5. The summed E-state index contributed by atoms with van der Waals surface area (Å²) >= 11 is 7.64. The molecular formula is C24H24ClN7OS. The lowest BCUT2D eigenvalue weighted by atomic mass is 10.2. The summed E-state index contributed by atoms with van der Waals surface area (Å²) in [7, 11) is 0. The maximum absolute atomic E-state index is 12.5. The van der Waals surface area contributed by atoms with Crippen molar-refractivity contribution in [2.45, 2.75) is 41.6 Å². The lowest BCUT2D eigenvalue weighted by molar-refractivity contribution is 0.102. The van der Waals surface area contributed by atoms with Crippen LogP contribution in [0.1, 0.15) is 23.7 Å². The van der Waals surface area contributed by atoms with E-state index in [9.17, 15) is 4.79 Å². The average molecular weight is 494 g/mol. The summed E-state index contributed by atoms with van der Waals surface area (Å²) in [6.45, 7) is 4.24. The van der Waals surface area contributed by atoms with E-state index < -0.39 is 0 Å². The van der Waals surface area contributed by atoms with Gasteiger partial charge in [-0.05, 0) is 61.5 Å². The van der Waals surface area contributed by atoms with E-state index >= 15 is 0 Å². The monoisotopic (exact) mass is 493 g/mol. The van der Waals surface area contributed by atoms with Crippen LogP contribution in [-0.2, 0) is 0 Å². The smallest absolute Gasteiger partial charge is 0.257 e. The lowest BCUT2D eigenvalue weighted by Crippen LogP contribution is -2.47. The second-order valence-electron chi connectivity index (χ2n) is 8.70. The molecule has 2 aromatic carbocycles. The van der Waals surface area contributed by atoms with Crippen molar-refractivity contribution in [1.82, 2.24) is 20.4 Å². The summed E-state index contributed by atoms with van der Waals surface area (Å²) in [4.78, 5) is 25.3. The number of amides is 1. The molecule has 3 N–H and O–H groups in total. The highest BCUT2D eigenvalue weighted by molar-refractivity contribution is 7.99. The summed E-state index contributed by atoms with van der Waals surface area (Å²) in [6.07, 6.45) is 1.48. The number of carbonyl (C=O) groups is 1. The van der Waals surface area contributed by atoms with Crippen molar-refractivity contribution in [2.24, 2.45) is 0 Å². The molecule has 4 unspecified atom stereocenters. The van der Waals surface area contributed by atoms with Gasteiger partial charge in [0.05, 0.1) is 16.6 Å². The Morgan fingerprint density at radius 2 is 1.94 bits per heavy atom. The molecule has 0 bridgehead atoms. The molecule has 3 aromatic rings. The van der Waals surface area contributed by atoms with Crippen LogP contribution in [0, 0.1) is 0 Å². The fourth-order valence-corrected chi connectivity index (χ4v) is 5.25. The summed E-state index contributed by atoms with van der Waals surface area (Å²) < 4.78 is 0. The van der Waals surface area contributed by atoms with Crippen LogP contribution in [0.4, 0.5) is 17.3 Å². The predicted octanol–water partition coefficient (Wildman–Crippen LogP) is 4.07. The van der Waals surface area contributed by atoms with E-state index in [1.54, 1.807) is 24.3 Å². The Morgan fingerprint density at radius 1 is 1.15 bits per heavy atom. The third-order valence-electron chi connectivity index (χ3n) is 6.33. The number of rotatable bonds is 7. The van der Waals surface area contributed by atoms with Crippen molar-refractivity contribution < 1.29 is 4.79 Å². The molecule has 3 fully saturated rings. The number of aromatic nitrogens is 2. The molecule has 3 saturated heterocycles. The molecule has 0 aliphatic carbocycles. The minimum Gasteiger partial charge on any atom is -0.356 e. The topological polar surface area (TPSA) is 85.2 Å². The minimum absolute atomic E-state index is 0.235. The standard InChI is InChI=1S/C24H24ClN7OS/c1-14-21-22(32(21)30-14)27-19-13-20(31-11-4-12-31)29-24(28-19)34-16-9-7-15(8-10-16)26-23(33)17-5-2-3-6-18(17)25/h2-3,5-10,13-14,21-22,30H,4,11-12H2,1H3,(H,26,33)(H,27,28,29). The van der Waals surface area contributed by atoms with E-state index in [0.717, 1.165) is 29.6 Å². The number of benzene rings is 2. The molecular weight excluding hydrogens is 470 g/mol. The molecule has 0 spiro atoms. The number of anilines is 3. The molecule has 174 valence electrons. The third-order valence-corrected chi connectivity index (χ3v) is 7.53. The molecule has 1 amide bonds. The molecule has 4 heterocycles. The van der Waals surface area contributed by atoms with E-state index in [0.29, 0.717) is 33.5 Å². The van der Waals surface area contributed by atoms with E-state index in [2.05, 4.69) is 32.9 Å². The van der Waals surface area contributed by atoms with Crippen molar-refractivity contribution in [1.29, 1.82) is 0 Å². The molecule has 0 radical (unpaired) electrons. The van der Waals surface area contributed by atoms with Crippen LogP contribution in [0.25, 0.3) is 0 Å². The second-order valence-corrected chi connectivity index (χ2v) is 10.1. The van der Waals surface area contributed by atoms with Crippen LogP contribution in [0.2, 0.25) is 5.02 Å². The van der Waals surface area contributed by atoms with Gasteiger partial charge in [-0.3, -0.25) is 4.79 Å². The van der Waals surface area contributed by atoms with Gasteiger partial charge in [0.1, 0.15) is 17.8 Å². The molecule has 34 heavy (non-hydrogen) atoms. The number of hydrogen-bond donors (Lipinski definition) is 3. The van der Waals surface area contributed by atoms with Crippen molar-refractivity contribution in [3.8, 4) is 0 Å². The fraction of sp³-hybridized carbons (Fsp3) is 0.292. The average Bonchev–Trinajstić information content (AvgIpc) is 3.36. The van der Waals surface area contributed by atoms with Gasteiger partial charge in [0, 0.05) is 35.8 Å². The maximum atomic E-state index is 12.5. The zero-order valence-corrected chi connectivity index (χ0v) is 20.1. The number of hydrazine groups is 1. The van der Waals surface area contributed by atoms with Crippen LogP contribution in [0.5, 0.6) is 0 Å². The molecule has 6 rings (SSSR count). The number of fused-ring (bicyclic) bond motifs is 1. The SMILES string of the molecule is CC1NN2C(Nc3cc(N4CCC4)nc(Sc4ccc(NC(=O)c5ccccc5Cl)cc4)n3)C12. The summed E-state index contributed by atoms with van der Waals surface area (Å²) in [5.74, 6) is 1.57. The number of nitrogens with one attached hydrogen (secondary N) is 3. The van der Waals surface area contributed by atoms with Crippen LogP contribution in [0.15, 0.2) is 64.6 Å². The summed E-state index contributed by atoms with van der Waals surface area (Å²) in [6, 6.07) is 17.7. The Hall–Kier alpha value is -2.85. The van der Waals surface area contributed by atoms with Gasteiger partial charge < -0.3 is 15.5 Å². The van der Waals surface area contributed by atoms with Crippen molar-refractivity contribution >= 4 is 46.6 Å². The van der Waals surface area contributed by atoms with Gasteiger partial charge in [0.25, 0.3) is 5.91 Å². The Bertz CT molecular complexity index is 1240. The highest BCUT2D eigenvalue weighted by Gasteiger charge is 2.60. The van der Waals surface area contributed by atoms with Crippen LogP contribution >= 0.6 is 23.4 Å². The fourth-order valence-electron chi connectivity index (χ4n) is 4.26. The predicted molar refractivity (Wildman–Crippen MR) is 134 cm³/mol. The van der Waals surface area contributed by atoms with Gasteiger partial charge in [0.15, 0.2) is 5.16 Å². The number of hydrogen-bond acceptors (Lipinski definition) is 8. The van der Waals surface area contributed by atoms with Gasteiger partial charge >= 0.3 is 0 Å². The Morgan fingerprint density at radius 3 is 2.59 bits per heavy atom. The van der Waals surface area contributed by atoms with Crippen molar-refractivity contribution in [3.63, 3.8) is 0 Å². The van der Waals surface area contributed by atoms with Gasteiger partial charge in [0.2, 0.25) is 0 Å². The zero-order chi connectivity index (χ0) is 23.2. The highest BCUT2D eigenvalue weighted by atomic mass is 35.5. The Labute approximate surface area is 207 Å². The summed E-state index contributed by atoms with van der Waals surface area (Å²) in [5.41, 5.74) is 4.52. The summed E-state index contributed by atoms with van der Waals surface area (Å²) in [5, 5.41) is 9.77. The quantitative estimate of drug-likeness (QED) is 0.335. The lowest BCUT2D eigenvalue weighted by Gasteiger charge is -2.32. The number of halogens is 1. The first-order valence-electron chi connectivity index (χ1n) is 11.3. The van der Waals surface area contributed by atoms with Gasteiger partial charge in [-0.2, -0.15) is 0 Å². The van der Waals surface area contributed by atoms with E-state index in [-0.39, 0.29) is 12.1 Å². The largest absolute Gasteiger partial charge is 0.356 e. The first kappa shape index (κ1) is 21.7. The molecule has 4 atom stereocenters. The van der Waals surface area contributed by atoms with Crippen LogP contribution in [-0.4, -0.2) is 52.2 Å². The van der Waals surface area contributed by atoms with E-state index in [4.69, 9.17) is 21.6 Å². The molecule has 0 saturated carbocycles. The van der Waals surface area contributed by atoms with Gasteiger partial charge in [-0.1, -0.05) is 23.7 Å². The number of nitrogens with zero attached hydrogens (tertiary/aromatic N) is 4. The van der Waals surface area contributed by atoms with E-state index in [1.807, 2.05) is 30.3 Å². The van der Waals surface area contributed by atoms with Crippen LogP contribution < -0.4 is 21.0 Å². The Balaban J connectivity index is 1.15. The van der Waals surface area contributed by atoms with Gasteiger partial charge in [-0.25, -0.2) is 20.4 Å². The maximum Gasteiger partial charge on any atom is 0.257 e. The second kappa shape index (κ2) is 8.74. The zero-order valence-electron chi connectivity index (χ0n) is 18.5. The van der Waals surface area contributed by atoms with E-state index in [1.165, 1.54) is 18.2 Å². The molecule has 1 aromatic heterocycles. The van der Waals surface area contributed by atoms with Gasteiger partial charge in [-0.15, -0.1) is 0 Å². The Kier molecular flexibility index (Phi) is 5.57. The molecule has 3 aliphatic heterocycles. The highest BCUT2D eigenvalue weighted by Crippen LogP contribution is 2.38. The number of carbonyl (C=O) groups excluding carboxylic acids is 1. The van der Waals surface area contributed by atoms with Crippen molar-refractivity contribution in [2.75, 3.05) is 28.6 Å². The van der Waals surface area contributed by atoms with Crippen LogP contribution in [0.3, 0.4) is 0 Å². The van der Waals surface area contributed by atoms with Crippen molar-refractivity contribution in [3.05, 3.63) is 65.2 Å².